The second-order valence-corrected chi connectivity index (χ2v) is 5.29. The van der Waals surface area contributed by atoms with Crippen LogP contribution in [0.1, 0.15) is 55.6 Å². The summed E-state index contributed by atoms with van der Waals surface area (Å²) in [5.41, 5.74) is 10.8. The Labute approximate surface area is 109 Å². The smallest absolute Gasteiger partial charge is 0.137 e. The van der Waals surface area contributed by atoms with Crippen LogP contribution in [0.2, 0.25) is 0 Å². The summed E-state index contributed by atoms with van der Waals surface area (Å²) in [4.78, 5) is 0. The van der Waals surface area contributed by atoms with Gasteiger partial charge in [0.05, 0.1) is 6.54 Å². The number of hydrogen-bond acceptors (Lipinski definition) is 2. The van der Waals surface area contributed by atoms with Crippen molar-refractivity contribution in [3.8, 4) is 0 Å². The van der Waals surface area contributed by atoms with Crippen LogP contribution >= 0.6 is 0 Å². The van der Waals surface area contributed by atoms with Crippen molar-refractivity contribution in [2.45, 2.75) is 53.0 Å². The molecule has 18 heavy (non-hydrogen) atoms. The molecule has 1 heterocycles. The van der Waals surface area contributed by atoms with Gasteiger partial charge in [0.15, 0.2) is 0 Å². The molecule has 0 saturated carbocycles. The zero-order valence-electron chi connectivity index (χ0n) is 11.8. The van der Waals surface area contributed by atoms with Crippen molar-refractivity contribution >= 4 is 11.0 Å². The van der Waals surface area contributed by atoms with E-state index in [4.69, 9.17) is 10.2 Å². The maximum atomic E-state index is 6.00. The van der Waals surface area contributed by atoms with Crippen molar-refractivity contribution in [3.63, 3.8) is 0 Å². The van der Waals surface area contributed by atoms with Crippen LogP contribution in [-0.2, 0) is 13.0 Å². The highest BCUT2D eigenvalue weighted by Gasteiger charge is 2.18. The second kappa shape index (κ2) is 5.15. The number of aryl methyl sites for hydroxylation is 2. The standard InChI is InChI=1S/C16H23NO/c1-5-6-13-14(9-17)18-16-11(4)7-8-12(10(2)3)15(13)16/h7-8,10H,5-6,9,17H2,1-4H3. The minimum absolute atomic E-state index is 0.487. The summed E-state index contributed by atoms with van der Waals surface area (Å²) in [6.45, 7) is 9.25. The first-order valence-electron chi connectivity index (χ1n) is 6.83. The minimum atomic E-state index is 0.487. The molecule has 2 N–H and O–H groups in total. The van der Waals surface area contributed by atoms with Crippen molar-refractivity contribution < 1.29 is 4.42 Å². The van der Waals surface area contributed by atoms with E-state index in [9.17, 15) is 0 Å². The molecule has 0 bridgehead atoms. The predicted octanol–water partition coefficient (Wildman–Crippen LogP) is 4.28. The van der Waals surface area contributed by atoms with E-state index in [-0.39, 0.29) is 0 Å². The molecular weight excluding hydrogens is 222 g/mol. The molecule has 2 nitrogen and oxygen atoms in total. The van der Waals surface area contributed by atoms with Gasteiger partial charge in [-0.15, -0.1) is 0 Å². The first kappa shape index (κ1) is 13.2. The van der Waals surface area contributed by atoms with Crippen LogP contribution in [0.4, 0.5) is 0 Å². The van der Waals surface area contributed by atoms with Gasteiger partial charge in [0, 0.05) is 10.9 Å². The molecule has 0 saturated heterocycles. The van der Waals surface area contributed by atoms with Crippen molar-refractivity contribution in [1.29, 1.82) is 0 Å². The first-order valence-corrected chi connectivity index (χ1v) is 6.83. The third kappa shape index (κ3) is 2.05. The number of rotatable bonds is 4. The lowest BCUT2D eigenvalue weighted by atomic mass is 9.93. The SMILES string of the molecule is CCCc1c(CN)oc2c(C)ccc(C(C)C)c12. The van der Waals surface area contributed by atoms with Crippen LogP contribution in [0.3, 0.4) is 0 Å². The van der Waals surface area contributed by atoms with Gasteiger partial charge < -0.3 is 10.2 Å². The Balaban J connectivity index is 2.80. The van der Waals surface area contributed by atoms with Crippen LogP contribution in [0.15, 0.2) is 16.5 Å². The molecule has 0 radical (unpaired) electrons. The third-order valence-electron chi connectivity index (χ3n) is 3.56. The maximum absolute atomic E-state index is 6.00. The average Bonchev–Trinajstić information content (AvgIpc) is 2.70. The van der Waals surface area contributed by atoms with Crippen molar-refractivity contribution in [2.75, 3.05) is 0 Å². The molecule has 2 aromatic rings. The average molecular weight is 245 g/mol. The van der Waals surface area contributed by atoms with E-state index in [1.807, 2.05) is 0 Å². The summed E-state index contributed by atoms with van der Waals surface area (Å²) in [5.74, 6) is 1.47. The molecule has 0 atom stereocenters. The van der Waals surface area contributed by atoms with E-state index in [1.54, 1.807) is 0 Å². The number of nitrogens with two attached hydrogens (primary N) is 1. The van der Waals surface area contributed by atoms with E-state index in [2.05, 4.69) is 39.8 Å². The lowest BCUT2D eigenvalue weighted by Gasteiger charge is -2.09. The van der Waals surface area contributed by atoms with E-state index < -0.39 is 0 Å². The molecule has 0 aliphatic carbocycles. The highest BCUT2D eigenvalue weighted by molar-refractivity contribution is 5.88. The summed E-state index contributed by atoms with van der Waals surface area (Å²) in [6.07, 6.45) is 2.16. The zero-order valence-corrected chi connectivity index (χ0v) is 11.8. The molecule has 0 aliphatic rings. The van der Waals surface area contributed by atoms with Gasteiger partial charge in [0.2, 0.25) is 0 Å². The fraction of sp³-hybridized carbons (Fsp3) is 0.500. The summed E-state index contributed by atoms with van der Waals surface area (Å²) >= 11 is 0. The Morgan fingerprint density at radius 3 is 2.56 bits per heavy atom. The van der Waals surface area contributed by atoms with E-state index in [0.29, 0.717) is 12.5 Å². The molecule has 2 heteroatoms. The molecule has 0 amide bonds. The van der Waals surface area contributed by atoms with E-state index in [1.165, 1.54) is 22.1 Å². The Kier molecular flexibility index (Phi) is 3.76. The Morgan fingerprint density at radius 2 is 2.00 bits per heavy atom. The summed E-state index contributed by atoms with van der Waals surface area (Å²) in [6, 6.07) is 4.38. The Morgan fingerprint density at radius 1 is 1.28 bits per heavy atom. The normalized spacial score (nSPS) is 11.7. The van der Waals surface area contributed by atoms with Gasteiger partial charge in [-0.25, -0.2) is 0 Å². The number of fused-ring (bicyclic) bond motifs is 1. The molecule has 0 spiro atoms. The number of furan rings is 1. The predicted molar refractivity (Wildman–Crippen MR) is 76.9 cm³/mol. The number of hydrogen-bond donors (Lipinski definition) is 1. The van der Waals surface area contributed by atoms with Crippen LogP contribution in [0, 0.1) is 6.92 Å². The molecular formula is C16H23NO. The van der Waals surface area contributed by atoms with Crippen molar-refractivity contribution in [1.82, 2.24) is 0 Å². The monoisotopic (exact) mass is 245 g/mol. The van der Waals surface area contributed by atoms with E-state index >= 15 is 0 Å². The molecule has 1 aromatic carbocycles. The molecule has 2 rings (SSSR count). The first-order chi connectivity index (χ1) is 8.60. The molecule has 98 valence electrons. The van der Waals surface area contributed by atoms with Gasteiger partial charge in [0.1, 0.15) is 11.3 Å². The fourth-order valence-electron chi connectivity index (χ4n) is 2.63. The maximum Gasteiger partial charge on any atom is 0.137 e. The molecule has 0 unspecified atom stereocenters. The molecule has 0 fully saturated rings. The van der Waals surface area contributed by atoms with Crippen LogP contribution in [0.25, 0.3) is 11.0 Å². The van der Waals surface area contributed by atoms with Gasteiger partial charge in [0.25, 0.3) is 0 Å². The van der Waals surface area contributed by atoms with Gasteiger partial charge >= 0.3 is 0 Å². The topological polar surface area (TPSA) is 39.2 Å². The highest BCUT2D eigenvalue weighted by atomic mass is 16.3. The van der Waals surface area contributed by atoms with E-state index in [0.717, 1.165) is 24.2 Å². The van der Waals surface area contributed by atoms with Crippen LogP contribution < -0.4 is 5.73 Å². The molecule has 1 aromatic heterocycles. The highest BCUT2D eigenvalue weighted by Crippen LogP contribution is 2.35. The largest absolute Gasteiger partial charge is 0.459 e. The Hall–Kier alpha value is -1.28. The Bertz CT molecular complexity index is 552. The fourth-order valence-corrected chi connectivity index (χ4v) is 2.63. The van der Waals surface area contributed by atoms with Crippen molar-refractivity contribution in [3.05, 3.63) is 34.6 Å². The minimum Gasteiger partial charge on any atom is -0.459 e. The number of benzene rings is 1. The van der Waals surface area contributed by atoms with Crippen molar-refractivity contribution in [2.24, 2.45) is 5.73 Å². The second-order valence-electron chi connectivity index (χ2n) is 5.29. The lowest BCUT2D eigenvalue weighted by molar-refractivity contribution is 0.543. The van der Waals surface area contributed by atoms with Gasteiger partial charge in [-0.05, 0) is 30.4 Å². The quantitative estimate of drug-likeness (QED) is 0.873. The van der Waals surface area contributed by atoms with Crippen LogP contribution in [0.5, 0.6) is 0 Å². The van der Waals surface area contributed by atoms with Crippen LogP contribution in [-0.4, -0.2) is 0 Å². The van der Waals surface area contributed by atoms with Gasteiger partial charge in [-0.3, -0.25) is 0 Å². The molecule has 0 aliphatic heterocycles. The van der Waals surface area contributed by atoms with Gasteiger partial charge in [-0.1, -0.05) is 39.3 Å². The summed E-state index contributed by atoms with van der Waals surface area (Å²) < 4.78 is 6.00. The van der Waals surface area contributed by atoms with Gasteiger partial charge in [-0.2, -0.15) is 0 Å². The summed E-state index contributed by atoms with van der Waals surface area (Å²) in [5, 5.41) is 1.31. The third-order valence-corrected chi connectivity index (χ3v) is 3.56. The zero-order chi connectivity index (χ0) is 13.3. The summed E-state index contributed by atoms with van der Waals surface area (Å²) in [7, 11) is 0. The lowest BCUT2D eigenvalue weighted by Crippen LogP contribution is -1.99.